The van der Waals surface area contributed by atoms with Gasteiger partial charge in [-0.1, -0.05) is 19.8 Å². The normalized spacial score (nSPS) is 39.0. The molecular formula is C9H18OS. The van der Waals surface area contributed by atoms with Gasteiger partial charge in [0, 0.05) is 4.75 Å². The molecule has 0 aromatic carbocycles. The summed E-state index contributed by atoms with van der Waals surface area (Å²) in [4.78, 5) is 0. The Morgan fingerprint density at radius 3 is 2.82 bits per heavy atom. The molecule has 0 saturated heterocycles. The largest absolute Gasteiger partial charge is 0.392 e. The molecule has 1 nitrogen and oxygen atoms in total. The summed E-state index contributed by atoms with van der Waals surface area (Å²) in [5, 5.41) is 9.74. The second-order valence-electron chi connectivity index (χ2n) is 3.51. The van der Waals surface area contributed by atoms with Crippen LogP contribution in [0.3, 0.4) is 0 Å². The van der Waals surface area contributed by atoms with Crippen molar-refractivity contribution in [1.82, 2.24) is 0 Å². The second-order valence-corrected chi connectivity index (χ2v) is 5.31. The summed E-state index contributed by atoms with van der Waals surface area (Å²) >= 11 is 1.91. The molecule has 0 aliphatic heterocycles. The molecule has 0 heterocycles. The molecule has 2 atom stereocenters. The Morgan fingerprint density at radius 1 is 1.55 bits per heavy atom. The van der Waals surface area contributed by atoms with E-state index in [4.69, 9.17) is 0 Å². The van der Waals surface area contributed by atoms with E-state index < -0.39 is 0 Å². The number of aliphatic hydroxyl groups excluding tert-OH is 1. The van der Waals surface area contributed by atoms with Gasteiger partial charge in [-0.05, 0) is 25.5 Å². The third kappa shape index (κ3) is 2.12. The Hall–Kier alpha value is 0.310. The molecular weight excluding hydrogens is 156 g/mol. The highest BCUT2D eigenvalue weighted by atomic mass is 32.2. The van der Waals surface area contributed by atoms with Gasteiger partial charge in [0.05, 0.1) is 6.10 Å². The SMILES string of the molecule is CCS[C@@]1(C)CCCC[C@H]1O. The fourth-order valence-electron chi connectivity index (χ4n) is 1.78. The fourth-order valence-corrected chi connectivity index (χ4v) is 3.04. The Morgan fingerprint density at radius 2 is 2.27 bits per heavy atom. The molecule has 1 fully saturated rings. The van der Waals surface area contributed by atoms with Crippen LogP contribution < -0.4 is 0 Å². The average molecular weight is 174 g/mol. The van der Waals surface area contributed by atoms with Gasteiger partial charge in [0.25, 0.3) is 0 Å². The lowest BCUT2D eigenvalue weighted by atomic mass is 9.87. The Bertz CT molecular complexity index is 123. The second kappa shape index (κ2) is 3.81. The lowest BCUT2D eigenvalue weighted by Crippen LogP contribution is -2.39. The van der Waals surface area contributed by atoms with Crippen molar-refractivity contribution in [2.45, 2.75) is 50.4 Å². The summed E-state index contributed by atoms with van der Waals surface area (Å²) in [6.07, 6.45) is 4.62. The van der Waals surface area contributed by atoms with Gasteiger partial charge >= 0.3 is 0 Å². The Kier molecular flexibility index (Phi) is 3.26. The third-order valence-electron chi connectivity index (χ3n) is 2.58. The van der Waals surface area contributed by atoms with E-state index in [-0.39, 0.29) is 10.9 Å². The van der Waals surface area contributed by atoms with Crippen molar-refractivity contribution in [2.24, 2.45) is 0 Å². The zero-order valence-corrected chi connectivity index (χ0v) is 8.28. The number of aliphatic hydroxyl groups is 1. The molecule has 1 aliphatic rings. The maximum atomic E-state index is 9.74. The Labute approximate surface area is 73.6 Å². The van der Waals surface area contributed by atoms with Crippen molar-refractivity contribution in [3.05, 3.63) is 0 Å². The van der Waals surface area contributed by atoms with E-state index in [1.165, 1.54) is 19.3 Å². The zero-order chi connectivity index (χ0) is 8.32. The quantitative estimate of drug-likeness (QED) is 0.694. The van der Waals surface area contributed by atoms with E-state index in [0.29, 0.717) is 0 Å². The summed E-state index contributed by atoms with van der Waals surface area (Å²) < 4.78 is 0.160. The third-order valence-corrected chi connectivity index (χ3v) is 4.00. The minimum absolute atomic E-state index is 0.0683. The Balaban J connectivity index is 2.49. The van der Waals surface area contributed by atoms with E-state index in [2.05, 4.69) is 13.8 Å². The van der Waals surface area contributed by atoms with Crippen LogP contribution in [0.1, 0.15) is 39.5 Å². The molecule has 11 heavy (non-hydrogen) atoms. The van der Waals surface area contributed by atoms with Gasteiger partial charge in [0.15, 0.2) is 0 Å². The van der Waals surface area contributed by atoms with Crippen molar-refractivity contribution in [1.29, 1.82) is 0 Å². The van der Waals surface area contributed by atoms with Crippen molar-refractivity contribution < 1.29 is 5.11 Å². The molecule has 0 bridgehead atoms. The molecule has 1 aliphatic carbocycles. The van der Waals surface area contributed by atoms with Gasteiger partial charge in [-0.25, -0.2) is 0 Å². The first-order valence-corrected chi connectivity index (χ1v) is 5.49. The van der Waals surface area contributed by atoms with Crippen LogP contribution in [-0.4, -0.2) is 21.7 Å². The lowest BCUT2D eigenvalue weighted by molar-refractivity contribution is 0.0982. The topological polar surface area (TPSA) is 20.2 Å². The average Bonchev–Trinajstić information content (AvgIpc) is 1.96. The number of hydrogen-bond acceptors (Lipinski definition) is 2. The van der Waals surface area contributed by atoms with Gasteiger partial charge < -0.3 is 5.11 Å². The number of thioether (sulfide) groups is 1. The molecule has 66 valence electrons. The van der Waals surface area contributed by atoms with Crippen LogP contribution in [0, 0.1) is 0 Å². The highest BCUT2D eigenvalue weighted by Gasteiger charge is 2.34. The van der Waals surface area contributed by atoms with E-state index in [0.717, 1.165) is 12.2 Å². The van der Waals surface area contributed by atoms with E-state index >= 15 is 0 Å². The standard InChI is InChI=1S/C9H18OS/c1-3-11-9(2)7-5-4-6-8(9)10/h8,10H,3-7H2,1-2H3/t8-,9+/m1/s1. The molecule has 0 aromatic heterocycles. The van der Waals surface area contributed by atoms with Crippen LogP contribution in [0.2, 0.25) is 0 Å². The van der Waals surface area contributed by atoms with Crippen LogP contribution >= 0.6 is 11.8 Å². The van der Waals surface area contributed by atoms with Crippen LogP contribution in [0.5, 0.6) is 0 Å². The molecule has 1 saturated carbocycles. The maximum absolute atomic E-state index is 9.74. The maximum Gasteiger partial charge on any atom is 0.0684 e. The molecule has 0 amide bonds. The smallest absolute Gasteiger partial charge is 0.0684 e. The van der Waals surface area contributed by atoms with Crippen LogP contribution in [0.15, 0.2) is 0 Å². The number of rotatable bonds is 2. The predicted octanol–water partition coefficient (Wildman–Crippen LogP) is 2.43. The van der Waals surface area contributed by atoms with Gasteiger partial charge in [0.1, 0.15) is 0 Å². The van der Waals surface area contributed by atoms with E-state index in [1.807, 2.05) is 11.8 Å². The van der Waals surface area contributed by atoms with Gasteiger partial charge in [-0.3, -0.25) is 0 Å². The first kappa shape index (κ1) is 9.40. The number of hydrogen-bond donors (Lipinski definition) is 1. The molecule has 1 N–H and O–H groups in total. The summed E-state index contributed by atoms with van der Waals surface area (Å²) in [5.74, 6) is 1.12. The first-order valence-electron chi connectivity index (χ1n) is 4.51. The van der Waals surface area contributed by atoms with Gasteiger partial charge in [0.2, 0.25) is 0 Å². The zero-order valence-electron chi connectivity index (χ0n) is 7.47. The fraction of sp³-hybridized carbons (Fsp3) is 1.00. The van der Waals surface area contributed by atoms with Crippen molar-refractivity contribution in [3.8, 4) is 0 Å². The van der Waals surface area contributed by atoms with E-state index in [1.54, 1.807) is 0 Å². The molecule has 1 rings (SSSR count). The molecule has 2 heteroatoms. The highest BCUT2D eigenvalue weighted by molar-refractivity contribution is 8.00. The van der Waals surface area contributed by atoms with Crippen LogP contribution in [0.25, 0.3) is 0 Å². The molecule has 0 radical (unpaired) electrons. The van der Waals surface area contributed by atoms with Crippen molar-refractivity contribution in [3.63, 3.8) is 0 Å². The molecule has 0 spiro atoms. The minimum atomic E-state index is -0.0683. The van der Waals surface area contributed by atoms with E-state index in [9.17, 15) is 5.11 Å². The highest BCUT2D eigenvalue weighted by Crippen LogP contribution is 2.39. The minimum Gasteiger partial charge on any atom is -0.392 e. The van der Waals surface area contributed by atoms with Crippen molar-refractivity contribution in [2.75, 3.05) is 5.75 Å². The molecule has 0 unspecified atom stereocenters. The summed E-state index contributed by atoms with van der Waals surface area (Å²) in [7, 11) is 0. The monoisotopic (exact) mass is 174 g/mol. The summed E-state index contributed by atoms with van der Waals surface area (Å²) in [6.45, 7) is 4.36. The van der Waals surface area contributed by atoms with Crippen LogP contribution in [0.4, 0.5) is 0 Å². The van der Waals surface area contributed by atoms with Gasteiger partial charge in [-0.2, -0.15) is 11.8 Å². The van der Waals surface area contributed by atoms with Gasteiger partial charge in [-0.15, -0.1) is 0 Å². The van der Waals surface area contributed by atoms with Crippen LogP contribution in [-0.2, 0) is 0 Å². The predicted molar refractivity (Wildman–Crippen MR) is 51.0 cm³/mol. The summed E-state index contributed by atoms with van der Waals surface area (Å²) in [6, 6.07) is 0. The summed E-state index contributed by atoms with van der Waals surface area (Å²) in [5.41, 5.74) is 0. The first-order chi connectivity index (χ1) is 5.19. The lowest BCUT2D eigenvalue weighted by Gasteiger charge is -2.37. The molecule has 0 aromatic rings. The van der Waals surface area contributed by atoms with Crippen molar-refractivity contribution >= 4 is 11.8 Å².